The Morgan fingerprint density at radius 2 is 2.11 bits per heavy atom. The Bertz CT molecular complexity index is 458. The molecule has 98 valence electrons. The minimum Gasteiger partial charge on any atom is -0.504 e. The molecule has 2 aliphatic rings. The summed E-state index contributed by atoms with van der Waals surface area (Å²) >= 11 is 0. The summed E-state index contributed by atoms with van der Waals surface area (Å²) in [6.45, 7) is 4.55. The number of benzene rings is 1. The first-order valence-corrected chi connectivity index (χ1v) is 6.97. The molecule has 0 bridgehead atoms. The predicted octanol–water partition coefficient (Wildman–Crippen LogP) is 2.30. The molecule has 3 rings (SSSR count). The minimum atomic E-state index is 0.0235. The molecule has 0 spiro atoms. The van der Waals surface area contributed by atoms with Crippen LogP contribution in [0, 0.1) is 5.92 Å². The van der Waals surface area contributed by atoms with Gasteiger partial charge in [0.2, 0.25) is 0 Å². The summed E-state index contributed by atoms with van der Waals surface area (Å²) in [5, 5.41) is 19.6. The zero-order valence-electron chi connectivity index (χ0n) is 10.9. The Morgan fingerprint density at radius 1 is 1.28 bits per heavy atom. The molecule has 2 N–H and O–H groups in total. The normalized spacial score (nSPS) is 27.6. The Labute approximate surface area is 108 Å². The Kier molecular flexibility index (Phi) is 2.94. The number of fused-ring (bicyclic) bond motifs is 2. The lowest BCUT2D eigenvalue weighted by molar-refractivity contribution is 0.0902. The van der Waals surface area contributed by atoms with Crippen molar-refractivity contribution < 1.29 is 10.2 Å². The Hall–Kier alpha value is -1.22. The van der Waals surface area contributed by atoms with Gasteiger partial charge in [-0.2, -0.15) is 0 Å². The summed E-state index contributed by atoms with van der Waals surface area (Å²) in [6, 6.07) is 4.22. The monoisotopic (exact) mass is 247 g/mol. The van der Waals surface area contributed by atoms with Crippen molar-refractivity contribution in [3.05, 3.63) is 23.3 Å². The summed E-state index contributed by atoms with van der Waals surface area (Å²) in [5.41, 5.74) is 2.20. The topological polar surface area (TPSA) is 43.7 Å². The predicted molar refractivity (Wildman–Crippen MR) is 70.9 cm³/mol. The number of hydrogen-bond donors (Lipinski definition) is 2. The Balaban J connectivity index is 1.95. The minimum absolute atomic E-state index is 0.0235. The second kappa shape index (κ2) is 4.47. The van der Waals surface area contributed by atoms with Crippen molar-refractivity contribution in [1.82, 2.24) is 4.90 Å². The fourth-order valence-electron chi connectivity index (χ4n) is 3.71. The molecule has 1 fully saturated rings. The summed E-state index contributed by atoms with van der Waals surface area (Å²) in [5.74, 6) is 0.772. The van der Waals surface area contributed by atoms with Gasteiger partial charge in [0, 0.05) is 11.6 Å². The van der Waals surface area contributed by atoms with Crippen LogP contribution in [-0.4, -0.2) is 34.2 Å². The zero-order chi connectivity index (χ0) is 12.7. The van der Waals surface area contributed by atoms with Crippen LogP contribution in [0.2, 0.25) is 0 Å². The van der Waals surface area contributed by atoms with E-state index in [1.165, 1.54) is 24.9 Å². The third-order valence-corrected chi connectivity index (χ3v) is 4.69. The van der Waals surface area contributed by atoms with Crippen LogP contribution < -0.4 is 0 Å². The lowest BCUT2D eigenvalue weighted by atomic mass is 9.75. The standard InChI is InChI=1S/C15H21NO2/c1-2-16-7-3-4-11-8-12-10(9-13(11)16)5-6-14(17)15(12)18/h5-6,11,13,17-18H,2-4,7-9H2,1H3/t11-,13-/m0/s1. The highest BCUT2D eigenvalue weighted by Crippen LogP contribution is 2.41. The second-order valence-electron chi connectivity index (χ2n) is 5.58. The van der Waals surface area contributed by atoms with Crippen molar-refractivity contribution in [2.75, 3.05) is 13.1 Å². The molecule has 0 amide bonds. The number of phenolic OH excluding ortho intramolecular Hbond substituents is 2. The quantitative estimate of drug-likeness (QED) is 0.748. The maximum Gasteiger partial charge on any atom is 0.160 e. The summed E-state index contributed by atoms with van der Waals surface area (Å²) in [6.07, 6.45) is 4.43. The lowest BCUT2D eigenvalue weighted by Gasteiger charge is -2.44. The molecule has 3 nitrogen and oxygen atoms in total. The van der Waals surface area contributed by atoms with Gasteiger partial charge in [0.25, 0.3) is 0 Å². The molecule has 0 aromatic heterocycles. The van der Waals surface area contributed by atoms with E-state index in [9.17, 15) is 10.2 Å². The molecule has 0 radical (unpaired) electrons. The summed E-state index contributed by atoms with van der Waals surface area (Å²) < 4.78 is 0. The van der Waals surface area contributed by atoms with Gasteiger partial charge in [0.1, 0.15) is 0 Å². The van der Waals surface area contributed by atoms with E-state index in [0.717, 1.165) is 24.9 Å². The van der Waals surface area contributed by atoms with Crippen LogP contribution in [0.5, 0.6) is 11.5 Å². The first kappa shape index (κ1) is 11.8. The first-order valence-electron chi connectivity index (χ1n) is 6.97. The third kappa shape index (κ3) is 1.77. The van der Waals surface area contributed by atoms with E-state index in [4.69, 9.17) is 0 Å². The van der Waals surface area contributed by atoms with Gasteiger partial charge in [-0.1, -0.05) is 13.0 Å². The number of phenols is 2. The molecule has 1 aromatic carbocycles. The van der Waals surface area contributed by atoms with E-state index in [1.807, 2.05) is 6.07 Å². The van der Waals surface area contributed by atoms with Crippen LogP contribution in [0.25, 0.3) is 0 Å². The molecular weight excluding hydrogens is 226 g/mol. The smallest absolute Gasteiger partial charge is 0.160 e. The van der Waals surface area contributed by atoms with Crippen molar-refractivity contribution in [2.45, 2.75) is 38.6 Å². The highest BCUT2D eigenvalue weighted by Gasteiger charge is 2.35. The number of hydrogen-bond acceptors (Lipinski definition) is 3. The molecule has 1 aliphatic heterocycles. The second-order valence-corrected chi connectivity index (χ2v) is 5.58. The number of aromatic hydroxyl groups is 2. The van der Waals surface area contributed by atoms with Gasteiger partial charge in [0.15, 0.2) is 11.5 Å². The number of likely N-dealkylation sites (N-methyl/N-ethyl adjacent to an activating group) is 1. The highest BCUT2D eigenvalue weighted by atomic mass is 16.3. The molecule has 0 unspecified atom stereocenters. The van der Waals surface area contributed by atoms with Gasteiger partial charge in [-0.15, -0.1) is 0 Å². The van der Waals surface area contributed by atoms with E-state index in [1.54, 1.807) is 6.07 Å². The highest BCUT2D eigenvalue weighted by molar-refractivity contribution is 5.50. The van der Waals surface area contributed by atoms with Crippen LogP contribution in [0.1, 0.15) is 30.9 Å². The number of likely N-dealkylation sites (tertiary alicyclic amines) is 1. The largest absolute Gasteiger partial charge is 0.504 e. The molecule has 1 saturated heterocycles. The van der Waals surface area contributed by atoms with Crippen molar-refractivity contribution in [3.63, 3.8) is 0 Å². The number of rotatable bonds is 1. The average Bonchev–Trinajstić information content (AvgIpc) is 2.41. The number of nitrogens with zero attached hydrogens (tertiary/aromatic N) is 1. The zero-order valence-corrected chi connectivity index (χ0v) is 10.9. The summed E-state index contributed by atoms with van der Waals surface area (Å²) in [7, 11) is 0. The number of piperidine rings is 1. The lowest BCUT2D eigenvalue weighted by Crippen LogP contribution is -2.48. The van der Waals surface area contributed by atoms with Crippen LogP contribution in [0.4, 0.5) is 0 Å². The fourth-order valence-corrected chi connectivity index (χ4v) is 3.71. The van der Waals surface area contributed by atoms with Crippen molar-refractivity contribution in [1.29, 1.82) is 0 Å². The molecule has 3 heteroatoms. The van der Waals surface area contributed by atoms with Crippen LogP contribution >= 0.6 is 0 Å². The molecule has 1 aliphatic carbocycles. The van der Waals surface area contributed by atoms with E-state index >= 15 is 0 Å². The molecular formula is C15H21NO2. The van der Waals surface area contributed by atoms with Gasteiger partial charge in [-0.3, -0.25) is 0 Å². The van der Waals surface area contributed by atoms with E-state index < -0.39 is 0 Å². The van der Waals surface area contributed by atoms with Crippen LogP contribution in [-0.2, 0) is 12.8 Å². The fraction of sp³-hybridized carbons (Fsp3) is 0.600. The van der Waals surface area contributed by atoms with Crippen LogP contribution in [0.15, 0.2) is 12.1 Å². The maximum absolute atomic E-state index is 9.99. The Morgan fingerprint density at radius 3 is 2.89 bits per heavy atom. The van der Waals surface area contributed by atoms with Crippen molar-refractivity contribution >= 4 is 0 Å². The molecule has 18 heavy (non-hydrogen) atoms. The van der Waals surface area contributed by atoms with Crippen LogP contribution in [0.3, 0.4) is 0 Å². The van der Waals surface area contributed by atoms with E-state index in [-0.39, 0.29) is 11.5 Å². The van der Waals surface area contributed by atoms with Gasteiger partial charge < -0.3 is 15.1 Å². The average molecular weight is 247 g/mol. The third-order valence-electron chi connectivity index (χ3n) is 4.69. The molecule has 1 aromatic rings. The molecule has 1 heterocycles. The molecule has 0 saturated carbocycles. The van der Waals surface area contributed by atoms with Crippen molar-refractivity contribution in [3.8, 4) is 11.5 Å². The first-order chi connectivity index (χ1) is 8.70. The maximum atomic E-state index is 9.99. The van der Waals surface area contributed by atoms with Gasteiger partial charge >= 0.3 is 0 Å². The van der Waals surface area contributed by atoms with E-state index in [2.05, 4.69) is 11.8 Å². The van der Waals surface area contributed by atoms with E-state index in [0.29, 0.717) is 12.0 Å². The molecule has 2 atom stereocenters. The van der Waals surface area contributed by atoms with Gasteiger partial charge in [0.05, 0.1) is 0 Å². The van der Waals surface area contributed by atoms with Gasteiger partial charge in [-0.05, 0) is 56.3 Å². The van der Waals surface area contributed by atoms with Crippen molar-refractivity contribution in [2.24, 2.45) is 5.92 Å². The summed E-state index contributed by atoms with van der Waals surface area (Å²) in [4.78, 5) is 2.57. The SMILES string of the molecule is CCN1CCC[C@H]2Cc3c(ccc(O)c3O)C[C@@H]21. The van der Waals surface area contributed by atoms with Gasteiger partial charge in [-0.25, -0.2) is 0 Å².